The molecule has 2 aliphatic rings. The lowest BCUT2D eigenvalue weighted by Gasteiger charge is -2.33. The van der Waals surface area contributed by atoms with Crippen LogP contribution in [-0.4, -0.2) is 29.4 Å². The van der Waals surface area contributed by atoms with E-state index in [0.717, 1.165) is 18.5 Å². The fraction of sp³-hybridized carbons (Fsp3) is 0.462. The predicted octanol–water partition coefficient (Wildman–Crippen LogP) is 1.46. The van der Waals surface area contributed by atoms with E-state index in [2.05, 4.69) is 5.32 Å². The zero-order valence-electron chi connectivity index (χ0n) is 9.69. The van der Waals surface area contributed by atoms with Gasteiger partial charge in [-0.1, -0.05) is 12.1 Å². The molecule has 1 aromatic rings. The van der Waals surface area contributed by atoms with Crippen molar-refractivity contribution >= 4 is 5.91 Å². The summed E-state index contributed by atoms with van der Waals surface area (Å²) in [7, 11) is 0. The Morgan fingerprint density at radius 3 is 2.71 bits per heavy atom. The molecule has 3 atom stereocenters. The molecular weight excluding hydrogens is 219 g/mol. The maximum atomic E-state index is 12.9. The van der Waals surface area contributed by atoms with E-state index in [1.54, 1.807) is 12.1 Å². The van der Waals surface area contributed by atoms with Crippen molar-refractivity contribution in [2.75, 3.05) is 6.54 Å². The first-order valence-corrected chi connectivity index (χ1v) is 5.98. The average molecular weight is 234 g/mol. The number of hydrogen-bond donors (Lipinski definition) is 1. The van der Waals surface area contributed by atoms with Crippen LogP contribution in [0, 0.1) is 5.82 Å². The number of likely N-dealkylation sites (tertiary alicyclic amines) is 1. The van der Waals surface area contributed by atoms with Gasteiger partial charge in [0.2, 0.25) is 5.91 Å². The summed E-state index contributed by atoms with van der Waals surface area (Å²) >= 11 is 0. The van der Waals surface area contributed by atoms with Crippen molar-refractivity contribution in [3.8, 4) is 0 Å². The summed E-state index contributed by atoms with van der Waals surface area (Å²) < 4.78 is 12.9. The third-order valence-electron chi connectivity index (χ3n) is 3.82. The highest BCUT2D eigenvalue weighted by Crippen LogP contribution is 2.33. The van der Waals surface area contributed by atoms with Crippen LogP contribution in [0.1, 0.15) is 24.9 Å². The number of halogens is 1. The molecule has 90 valence electrons. The summed E-state index contributed by atoms with van der Waals surface area (Å²) in [4.78, 5) is 14.0. The summed E-state index contributed by atoms with van der Waals surface area (Å²) in [5.41, 5.74) is 0.993. The molecule has 2 saturated heterocycles. The average Bonchev–Trinajstić information content (AvgIpc) is 2.89. The number of piperazine rings is 1. The van der Waals surface area contributed by atoms with Gasteiger partial charge in [-0.05, 0) is 31.0 Å². The number of carbonyl (C=O) groups excluding carboxylic acids is 1. The Hall–Kier alpha value is -1.42. The van der Waals surface area contributed by atoms with Crippen molar-refractivity contribution in [3.63, 3.8) is 0 Å². The summed E-state index contributed by atoms with van der Waals surface area (Å²) in [5, 5.41) is 3.20. The molecule has 0 aromatic heterocycles. The van der Waals surface area contributed by atoms with Gasteiger partial charge in [0.05, 0.1) is 12.1 Å². The van der Waals surface area contributed by atoms with Crippen molar-refractivity contribution < 1.29 is 9.18 Å². The number of rotatable bonds is 2. The maximum Gasteiger partial charge on any atom is 0.240 e. The van der Waals surface area contributed by atoms with E-state index in [9.17, 15) is 9.18 Å². The molecule has 17 heavy (non-hydrogen) atoms. The predicted molar refractivity (Wildman–Crippen MR) is 61.9 cm³/mol. The fourth-order valence-corrected chi connectivity index (χ4v) is 2.89. The molecule has 3 rings (SSSR count). The lowest BCUT2D eigenvalue weighted by molar-refractivity contribution is -0.134. The highest BCUT2D eigenvalue weighted by atomic mass is 19.1. The molecule has 2 bridgehead atoms. The number of carbonyl (C=O) groups is 1. The number of fused-ring (bicyclic) bond motifs is 2. The zero-order valence-corrected chi connectivity index (χ0v) is 9.69. The Morgan fingerprint density at radius 2 is 2.12 bits per heavy atom. The second kappa shape index (κ2) is 3.81. The van der Waals surface area contributed by atoms with Crippen LogP contribution >= 0.6 is 0 Å². The van der Waals surface area contributed by atoms with E-state index in [0.29, 0.717) is 6.04 Å². The summed E-state index contributed by atoms with van der Waals surface area (Å²) in [5.74, 6) is -0.0602. The van der Waals surface area contributed by atoms with Crippen LogP contribution in [-0.2, 0) is 4.79 Å². The summed E-state index contributed by atoms with van der Waals surface area (Å²) in [6.45, 7) is 2.88. The van der Waals surface area contributed by atoms with E-state index in [4.69, 9.17) is 0 Å². The lowest BCUT2D eigenvalue weighted by atomic mass is 10.1. The van der Waals surface area contributed by atoms with Crippen LogP contribution in [0.25, 0.3) is 0 Å². The van der Waals surface area contributed by atoms with Crippen LogP contribution in [0.15, 0.2) is 24.3 Å². The Kier molecular flexibility index (Phi) is 2.40. The smallest absolute Gasteiger partial charge is 0.240 e. The SMILES string of the molecule is C[C@@H](c1ccc(F)cc1)N1C(=O)[C@@H]2C[C@H]1CN2. The monoisotopic (exact) mass is 234 g/mol. The quantitative estimate of drug-likeness (QED) is 0.840. The highest BCUT2D eigenvalue weighted by molar-refractivity contribution is 5.86. The van der Waals surface area contributed by atoms with Crippen LogP contribution in [0.3, 0.4) is 0 Å². The van der Waals surface area contributed by atoms with E-state index >= 15 is 0 Å². The van der Waals surface area contributed by atoms with Crippen molar-refractivity contribution in [2.24, 2.45) is 0 Å². The topological polar surface area (TPSA) is 32.3 Å². The highest BCUT2D eigenvalue weighted by Gasteiger charge is 2.46. The van der Waals surface area contributed by atoms with Gasteiger partial charge in [-0.2, -0.15) is 0 Å². The second-order valence-electron chi connectivity index (χ2n) is 4.82. The van der Waals surface area contributed by atoms with E-state index < -0.39 is 0 Å². The minimum atomic E-state index is -0.239. The number of hydrogen-bond acceptors (Lipinski definition) is 2. The van der Waals surface area contributed by atoms with Crippen molar-refractivity contribution in [1.82, 2.24) is 10.2 Å². The van der Waals surface area contributed by atoms with Crippen LogP contribution < -0.4 is 5.32 Å². The Bertz CT molecular complexity index is 445. The first-order valence-electron chi connectivity index (χ1n) is 5.98. The normalized spacial score (nSPS) is 28.8. The minimum absolute atomic E-state index is 0.00268. The van der Waals surface area contributed by atoms with Crippen molar-refractivity contribution in [3.05, 3.63) is 35.6 Å². The molecule has 3 nitrogen and oxygen atoms in total. The standard InChI is InChI=1S/C13H15FN2O/c1-8(9-2-4-10(14)5-3-9)16-11-6-12(13(16)17)15-7-11/h2-5,8,11-12,15H,6-7H2,1H3/t8-,11-,12-/m0/s1. The van der Waals surface area contributed by atoms with Crippen molar-refractivity contribution in [1.29, 1.82) is 0 Å². The second-order valence-corrected chi connectivity index (χ2v) is 4.82. The van der Waals surface area contributed by atoms with Gasteiger partial charge >= 0.3 is 0 Å². The van der Waals surface area contributed by atoms with Gasteiger partial charge in [-0.25, -0.2) is 4.39 Å². The molecule has 0 aliphatic carbocycles. The molecule has 0 saturated carbocycles. The zero-order chi connectivity index (χ0) is 12.0. The number of amides is 1. The van der Waals surface area contributed by atoms with Crippen LogP contribution in [0.4, 0.5) is 4.39 Å². The Morgan fingerprint density at radius 1 is 1.41 bits per heavy atom. The van der Waals surface area contributed by atoms with Gasteiger partial charge in [0.1, 0.15) is 5.82 Å². The molecule has 1 N–H and O–H groups in total. The van der Waals surface area contributed by atoms with Crippen LogP contribution in [0.5, 0.6) is 0 Å². The third kappa shape index (κ3) is 1.63. The Labute approximate surface area is 99.6 Å². The van der Waals surface area contributed by atoms with Gasteiger partial charge in [0, 0.05) is 12.6 Å². The molecule has 0 unspecified atom stereocenters. The molecule has 2 aliphatic heterocycles. The molecule has 0 spiro atoms. The van der Waals surface area contributed by atoms with Gasteiger partial charge < -0.3 is 10.2 Å². The van der Waals surface area contributed by atoms with Gasteiger partial charge in [0.25, 0.3) is 0 Å². The molecule has 0 radical (unpaired) electrons. The largest absolute Gasteiger partial charge is 0.330 e. The first kappa shape index (κ1) is 10.7. The molecule has 2 fully saturated rings. The summed E-state index contributed by atoms with van der Waals surface area (Å²) in [6, 6.07) is 6.74. The number of nitrogens with zero attached hydrogens (tertiary/aromatic N) is 1. The molecule has 1 amide bonds. The van der Waals surface area contributed by atoms with Crippen molar-refractivity contribution in [2.45, 2.75) is 31.5 Å². The molecule has 2 heterocycles. The third-order valence-corrected chi connectivity index (χ3v) is 3.82. The maximum absolute atomic E-state index is 12.9. The Balaban J connectivity index is 1.85. The van der Waals surface area contributed by atoms with Crippen LogP contribution in [0.2, 0.25) is 0 Å². The minimum Gasteiger partial charge on any atom is -0.330 e. The number of nitrogens with one attached hydrogen (secondary N) is 1. The number of benzene rings is 1. The fourth-order valence-electron chi connectivity index (χ4n) is 2.89. The summed E-state index contributed by atoms with van der Waals surface area (Å²) in [6.07, 6.45) is 0.907. The molecular formula is C13H15FN2O. The van der Waals surface area contributed by atoms with Gasteiger partial charge in [-0.3, -0.25) is 4.79 Å². The molecule has 4 heteroatoms. The van der Waals surface area contributed by atoms with E-state index in [-0.39, 0.29) is 23.8 Å². The van der Waals surface area contributed by atoms with Gasteiger partial charge in [-0.15, -0.1) is 0 Å². The van der Waals surface area contributed by atoms with Gasteiger partial charge in [0.15, 0.2) is 0 Å². The lowest BCUT2D eigenvalue weighted by Crippen LogP contribution is -2.48. The first-order chi connectivity index (χ1) is 8.16. The molecule has 1 aromatic carbocycles. The van der Waals surface area contributed by atoms with E-state index in [1.807, 2.05) is 11.8 Å². The van der Waals surface area contributed by atoms with E-state index in [1.165, 1.54) is 12.1 Å².